The van der Waals surface area contributed by atoms with Crippen molar-refractivity contribution < 1.29 is 9.90 Å². The largest absolute Gasteiger partial charge is 2.00 e. The van der Waals surface area contributed by atoms with Crippen LogP contribution in [0.5, 0.6) is 0 Å². The molecule has 1 N–H and O–H groups in total. The van der Waals surface area contributed by atoms with Gasteiger partial charge in [0.05, 0.1) is 0 Å². The molecule has 0 aromatic heterocycles. The zero-order valence-corrected chi connectivity index (χ0v) is 10.7. The summed E-state index contributed by atoms with van der Waals surface area (Å²) in [6.45, 7) is 0. The second kappa shape index (κ2) is 8.26. The van der Waals surface area contributed by atoms with Crippen molar-refractivity contribution in [2.24, 2.45) is 0 Å². The topological polar surface area (TPSA) is 37.3 Å². The molecule has 0 aromatic carbocycles. The minimum Gasteiger partial charge on any atom is -0.481 e. The van der Waals surface area contributed by atoms with Gasteiger partial charge >= 0.3 is 29.0 Å². The molecule has 0 amide bonds. The Morgan fingerprint density at radius 1 is 1.46 bits per heavy atom. The molecular formula is C8H14MgO2S2+2. The predicted octanol–water partition coefficient (Wildman–Crippen LogP) is 2.40. The first-order valence-corrected chi connectivity index (χ1v) is 6.67. The van der Waals surface area contributed by atoms with Crippen molar-refractivity contribution in [3.8, 4) is 0 Å². The molecule has 1 fully saturated rings. The summed E-state index contributed by atoms with van der Waals surface area (Å²) in [6, 6.07) is 0. The van der Waals surface area contributed by atoms with Crippen LogP contribution in [0.4, 0.5) is 0 Å². The Hall–Kier alpha value is 0.936. The van der Waals surface area contributed by atoms with Crippen LogP contribution in [0.2, 0.25) is 0 Å². The van der Waals surface area contributed by atoms with E-state index in [4.69, 9.17) is 5.11 Å². The summed E-state index contributed by atoms with van der Waals surface area (Å²) in [6.07, 6.45) is 4.76. The molecule has 1 atom stereocenters. The molecule has 1 rings (SSSR count). The molecule has 0 aromatic rings. The molecule has 5 heteroatoms. The minimum absolute atomic E-state index is 0. The number of carboxylic acids is 1. The van der Waals surface area contributed by atoms with E-state index in [9.17, 15) is 4.79 Å². The van der Waals surface area contributed by atoms with Gasteiger partial charge in [-0.05, 0) is 19.3 Å². The molecule has 1 aliphatic heterocycles. The van der Waals surface area contributed by atoms with Crippen molar-refractivity contribution in [1.82, 2.24) is 0 Å². The van der Waals surface area contributed by atoms with Crippen LogP contribution >= 0.6 is 21.6 Å². The minimum atomic E-state index is -0.663. The van der Waals surface area contributed by atoms with E-state index in [1.807, 2.05) is 21.6 Å². The molecule has 0 unspecified atom stereocenters. The number of hydrogen-bond donors (Lipinski definition) is 1. The van der Waals surface area contributed by atoms with Crippen LogP contribution in [0, 0.1) is 0 Å². The fourth-order valence-corrected chi connectivity index (χ4v) is 4.24. The van der Waals surface area contributed by atoms with Crippen LogP contribution in [-0.2, 0) is 4.79 Å². The van der Waals surface area contributed by atoms with E-state index in [1.54, 1.807) is 0 Å². The Morgan fingerprint density at radius 2 is 2.23 bits per heavy atom. The normalized spacial score (nSPS) is 21.1. The molecule has 0 spiro atoms. The Balaban J connectivity index is 0.00000144. The van der Waals surface area contributed by atoms with E-state index < -0.39 is 5.97 Å². The van der Waals surface area contributed by atoms with Gasteiger partial charge in [0.2, 0.25) is 0 Å². The Morgan fingerprint density at radius 3 is 2.77 bits per heavy atom. The van der Waals surface area contributed by atoms with Crippen LogP contribution in [0.1, 0.15) is 32.1 Å². The van der Waals surface area contributed by atoms with Crippen LogP contribution in [0.25, 0.3) is 0 Å². The van der Waals surface area contributed by atoms with Gasteiger partial charge in [0.1, 0.15) is 0 Å². The van der Waals surface area contributed by atoms with E-state index in [2.05, 4.69) is 0 Å². The van der Waals surface area contributed by atoms with Gasteiger partial charge in [-0.1, -0.05) is 28.0 Å². The third-order valence-corrected chi connectivity index (χ3v) is 4.90. The van der Waals surface area contributed by atoms with Crippen molar-refractivity contribution in [1.29, 1.82) is 0 Å². The van der Waals surface area contributed by atoms with Gasteiger partial charge in [-0.25, -0.2) is 0 Å². The standard InChI is InChI=1S/C8H14O2S2.Mg/c9-8(10)4-2-1-3-7-5-6-11-12-7;/h7H,1-6H2,(H,9,10);/q;+2/t7-;/m1./s1. The van der Waals surface area contributed by atoms with Crippen LogP contribution in [0.15, 0.2) is 0 Å². The zero-order chi connectivity index (χ0) is 8.81. The average molecular weight is 231 g/mol. The number of carboxylic acid groups (broad SMARTS) is 1. The van der Waals surface area contributed by atoms with Crippen LogP contribution in [-0.4, -0.2) is 45.1 Å². The van der Waals surface area contributed by atoms with E-state index in [-0.39, 0.29) is 23.1 Å². The van der Waals surface area contributed by atoms with Gasteiger partial charge in [0.25, 0.3) is 0 Å². The first-order chi connectivity index (χ1) is 5.79. The maximum atomic E-state index is 10.2. The Kier molecular flexibility index (Phi) is 8.86. The van der Waals surface area contributed by atoms with Crippen LogP contribution in [0.3, 0.4) is 0 Å². The number of unbranched alkanes of at least 4 members (excludes halogenated alkanes) is 1. The summed E-state index contributed by atoms with van der Waals surface area (Å²) in [5.41, 5.74) is 0. The van der Waals surface area contributed by atoms with Crippen molar-refractivity contribution in [2.75, 3.05) is 5.75 Å². The van der Waals surface area contributed by atoms with Gasteiger partial charge in [-0.3, -0.25) is 4.79 Å². The number of carbonyl (C=O) groups is 1. The van der Waals surface area contributed by atoms with E-state index in [1.165, 1.54) is 18.6 Å². The number of rotatable bonds is 5. The van der Waals surface area contributed by atoms with Gasteiger partial charge in [0.15, 0.2) is 0 Å². The third-order valence-electron chi connectivity index (χ3n) is 1.89. The summed E-state index contributed by atoms with van der Waals surface area (Å²) in [5, 5.41) is 9.19. The molecule has 1 heterocycles. The van der Waals surface area contributed by atoms with Crippen molar-refractivity contribution in [3.05, 3.63) is 0 Å². The van der Waals surface area contributed by atoms with E-state index in [0.717, 1.165) is 18.1 Å². The molecule has 2 nitrogen and oxygen atoms in total. The van der Waals surface area contributed by atoms with Crippen molar-refractivity contribution in [3.63, 3.8) is 0 Å². The number of aliphatic carboxylic acids is 1. The molecular weight excluding hydrogens is 217 g/mol. The molecule has 1 aliphatic rings. The molecule has 0 radical (unpaired) electrons. The first-order valence-electron chi connectivity index (χ1n) is 4.29. The predicted molar refractivity (Wildman–Crippen MR) is 60.3 cm³/mol. The summed E-state index contributed by atoms with van der Waals surface area (Å²) in [5.74, 6) is 0.609. The summed E-state index contributed by atoms with van der Waals surface area (Å²) in [4.78, 5) is 10.2. The third kappa shape index (κ3) is 6.94. The number of hydrogen-bond acceptors (Lipinski definition) is 3. The molecule has 1 saturated heterocycles. The maximum absolute atomic E-state index is 10.2. The molecule has 70 valence electrons. The van der Waals surface area contributed by atoms with E-state index in [0.29, 0.717) is 6.42 Å². The van der Waals surface area contributed by atoms with Crippen molar-refractivity contribution >= 4 is 50.6 Å². The average Bonchev–Trinajstić information content (AvgIpc) is 2.49. The Labute approximate surface area is 103 Å². The summed E-state index contributed by atoms with van der Waals surface area (Å²) < 4.78 is 0. The van der Waals surface area contributed by atoms with Crippen molar-refractivity contribution in [2.45, 2.75) is 37.4 Å². The maximum Gasteiger partial charge on any atom is 2.00 e. The molecule has 13 heavy (non-hydrogen) atoms. The Bertz CT molecular complexity index is 149. The molecule has 0 saturated carbocycles. The first kappa shape index (κ1) is 13.9. The van der Waals surface area contributed by atoms with E-state index >= 15 is 0 Å². The SMILES string of the molecule is O=C(O)CCCC[C@@H]1CCSS1.[Mg+2]. The van der Waals surface area contributed by atoms with Gasteiger partial charge in [-0.2, -0.15) is 0 Å². The quantitative estimate of drug-likeness (QED) is 0.447. The second-order valence-electron chi connectivity index (χ2n) is 2.97. The monoisotopic (exact) mass is 230 g/mol. The smallest absolute Gasteiger partial charge is 0.481 e. The molecule has 0 bridgehead atoms. The second-order valence-corrected chi connectivity index (χ2v) is 5.76. The van der Waals surface area contributed by atoms with Gasteiger partial charge in [0, 0.05) is 17.4 Å². The fourth-order valence-electron chi connectivity index (χ4n) is 1.21. The summed E-state index contributed by atoms with van der Waals surface area (Å²) in [7, 11) is 3.92. The van der Waals surface area contributed by atoms with Crippen LogP contribution < -0.4 is 0 Å². The fraction of sp³-hybridized carbons (Fsp3) is 0.875. The molecule has 0 aliphatic carbocycles. The van der Waals surface area contributed by atoms with Gasteiger partial charge in [-0.15, -0.1) is 0 Å². The van der Waals surface area contributed by atoms with Gasteiger partial charge < -0.3 is 5.11 Å². The zero-order valence-electron chi connectivity index (χ0n) is 7.70. The summed E-state index contributed by atoms with van der Waals surface area (Å²) >= 11 is 0.